The molecule has 144 valence electrons. The van der Waals surface area contributed by atoms with Gasteiger partial charge in [-0.15, -0.1) is 0 Å². The van der Waals surface area contributed by atoms with Crippen LogP contribution in [0.4, 0.5) is 11.8 Å². The van der Waals surface area contributed by atoms with E-state index in [2.05, 4.69) is 32.7 Å². The third-order valence-corrected chi connectivity index (χ3v) is 5.01. The summed E-state index contributed by atoms with van der Waals surface area (Å²) in [5, 5.41) is 6.63. The molecule has 2 N–H and O–H groups in total. The van der Waals surface area contributed by atoms with E-state index in [1.54, 1.807) is 6.20 Å². The van der Waals surface area contributed by atoms with Gasteiger partial charge < -0.3 is 15.5 Å². The maximum absolute atomic E-state index is 12.2. The van der Waals surface area contributed by atoms with Crippen molar-refractivity contribution in [2.45, 2.75) is 50.6 Å². The zero-order valence-electron chi connectivity index (χ0n) is 16.2. The van der Waals surface area contributed by atoms with Crippen LogP contribution >= 0.6 is 0 Å². The molecule has 1 aromatic carbocycles. The number of carbonyl (C=O) groups excluding carboxylic acids is 1. The summed E-state index contributed by atoms with van der Waals surface area (Å²) in [4.78, 5) is 23.0. The first-order valence-electron chi connectivity index (χ1n) is 9.70. The maximum Gasteiger partial charge on any atom is 0.224 e. The van der Waals surface area contributed by atoms with Gasteiger partial charge in [-0.1, -0.05) is 30.3 Å². The molecule has 0 atom stereocenters. The number of hydrogen-bond donors (Lipinski definition) is 2. The Morgan fingerprint density at radius 2 is 1.78 bits per heavy atom. The topological polar surface area (TPSA) is 70.2 Å². The van der Waals surface area contributed by atoms with Gasteiger partial charge in [0.15, 0.2) is 0 Å². The van der Waals surface area contributed by atoms with Gasteiger partial charge in [0.1, 0.15) is 5.82 Å². The molecule has 1 fully saturated rings. The summed E-state index contributed by atoms with van der Waals surface area (Å²) in [5.41, 5.74) is 1.21. The van der Waals surface area contributed by atoms with Crippen LogP contribution in [0.25, 0.3) is 0 Å². The SMILES string of the molecule is CN(C)c1ccnc(N[C@H]2CC[C@@H](NC(=O)CCc3ccccc3)CC2)n1. The number of rotatable bonds is 7. The standard InChI is InChI=1S/C21H29N5O/c1-26(2)19-14-15-22-21(25-19)24-18-11-9-17(10-12-18)23-20(27)13-8-16-6-4-3-5-7-16/h3-7,14-15,17-18H,8-13H2,1-2H3,(H,23,27)(H,22,24,25)/t17-,18+. The predicted octanol–water partition coefficient (Wildman–Crippen LogP) is 3.01. The second-order valence-corrected chi connectivity index (χ2v) is 7.38. The van der Waals surface area contributed by atoms with Crippen LogP contribution in [0.15, 0.2) is 42.6 Å². The van der Waals surface area contributed by atoms with Gasteiger partial charge in [0.25, 0.3) is 0 Å². The Morgan fingerprint density at radius 3 is 2.48 bits per heavy atom. The minimum atomic E-state index is 0.150. The maximum atomic E-state index is 12.2. The molecule has 0 unspecified atom stereocenters. The number of carbonyl (C=O) groups is 1. The van der Waals surface area contributed by atoms with Gasteiger partial charge in [-0.2, -0.15) is 4.98 Å². The van der Waals surface area contributed by atoms with Crippen LogP contribution in [-0.4, -0.2) is 42.1 Å². The fraction of sp³-hybridized carbons (Fsp3) is 0.476. The monoisotopic (exact) mass is 367 g/mol. The lowest BCUT2D eigenvalue weighted by molar-refractivity contribution is -0.122. The molecule has 0 saturated heterocycles. The highest BCUT2D eigenvalue weighted by Crippen LogP contribution is 2.22. The third kappa shape index (κ3) is 5.94. The Bertz CT molecular complexity index is 726. The van der Waals surface area contributed by atoms with Crippen molar-refractivity contribution in [2.75, 3.05) is 24.3 Å². The summed E-state index contributed by atoms with van der Waals surface area (Å²) in [6.07, 6.45) is 7.13. The Labute approximate surface area is 161 Å². The molecule has 6 heteroatoms. The quantitative estimate of drug-likeness (QED) is 0.787. The number of amides is 1. The van der Waals surface area contributed by atoms with Gasteiger partial charge in [-0.25, -0.2) is 4.98 Å². The zero-order chi connectivity index (χ0) is 19.1. The Balaban J connectivity index is 1.39. The van der Waals surface area contributed by atoms with Gasteiger partial charge >= 0.3 is 0 Å². The lowest BCUT2D eigenvalue weighted by atomic mass is 9.91. The van der Waals surface area contributed by atoms with Crippen molar-refractivity contribution in [3.8, 4) is 0 Å². The first-order valence-corrected chi connectivity index (χ1v) is 9.70. The normalized spacial score (nSPS) is 19.3. The van der Waals surface area contributed by atoms with Crippen LogP contribution < -0.4 is 15.5 Å². The molecule has 1 heterocycles. The largest absolute Gasteiger partial charge is 0.363 e. The molecule has 1 amide bonds. The summed E-state index contributed by atoms with van der Waals surface area (Å²) in [6.45, 7) is 0. The first kappa shape index (κ1) is 19.1. The molecule has 2 aromatic rings. The van der Waals surface area contributed by atoms with Gasteiger partial charge in [-0.05, 0) is 43.7 Å². The number of anilines is 2. The van der Waals surface area contributed by atoms with Crippen LogP contribution in [0.3, 0.4) is 0 Å². The summed E-state index contributed by atoms with van der Waals surface area (Å²) >= 11 is 0. The van der Waals surface area contributed by atoms with Crippen molar-refractivity contribution >= 4 is 17.7 Å². The number of nitrogens with zero attached hydrogens (tertiary/aromatic N) is 3. The average molecular weight is 367 g/mol. The van der Waals surface area contributed by atoms with E-state index in [4.69, 9.17) is 0 Å². The highest BCUT2D eigenvalue weighted by atomic mass is 16.1. The molecule has 0 radical (unpaired) electrons. The average Bonchev–Trinajstić information content (AvgIpc) is 2.69. The minimum absolute atomic E-state index is 0.150. The second kappa shape index (κ2) is 9.35. The summed E-state index contributed by atoms with van der Waals surface area (Å²) in [5.74, 6) is 1.72. The molecule has 0 spiro atoms. The van der Waals surface area contributed by atoms with Crippen LogP contribution in [0.5, 0.6) is 0 Å². The molecular formula is C21H29N5O. The fourth-order valence-electron chi connectivity index (χ4n) is 3.43. The highest BCUT2D eigenvalue weighted by molar-refractivity contribution is 5.76. The Morgan fingerprint density at radius 1 is 1.07 bits per heavy atom. The van der Waals surface area contributed by atoms with Crippen LogP contribution in [0, 0.1) is 0 Å². The van der Waals surface area contributed by atoms with E-state index < -0.39 is 0 Å². The lowest BCUT2D eigenvalue weighted by Crippen LogP contribution is -2.40. The van der Waals surface area contributed by atoms with Gasteiger partial charge in [-0.3, -0.25) is 4.79 Å². The molecule has 1 aliphatic rings. The molecule has 0 bridgehead atoms. The molecule has 0 aliphatic heterocycles. The molecule has 1 aliphatic carbocycles. The van der Waals surface area contributed by atoms with E-state index >= 15 is 0 Å². The number of aryl methyl sites for hydroxylation is 1. The molecule has 6 nitrogen and oxygen atoms in total. The Kier molecular flexibility index (Phi) is 6.63. The van der Waals surface area contributed by atoms with Crippen molar-refractivity contribution < 1.29 is 4.79 Å². The van der Waals surface area contributed by atoms with Crippen molar-refractivity contribution in [3.63, 3.8) is 0 Å². The van der Waals surface area contributed by atoms with Gasteiger partial charge in [0.2, 0.25) is 11.9 Å². The van der Waals surface area contributed by atoms with Gasteiger partial charge in [0, 0.05) is 38.8 Å². The van der Waals surface area contributed by atoms with Crippen LogP contribution in [0.2, 0.25) is 0 Å². The van der Waals surface area contributed by atoms with Crippen molar-refractivity contribution in [1.29, 1.82) is 0 Å². The van der Waals surface area contributed by atoms with E-state index in [-0.39, 0.29) is 11.9 Å². The van der Waals surface area contributed by atoms with Crippen molar-refractivity contribution in [1.82, 2.24) is 15.3 Å². The summed E-state index contributed by atoms with van der Waals surface area (Å²) in [7, 11) is 3.94. The predicted molar refractivity (Wildman–Crippen MR) is 109 cm³/mol. The van der Waals surface area contributed by atoms with Crippen LogP contribution in [-0.2, 0) is 11.2 Å². The number of aromatic nitrogens is 2. The first-order chi connectivity index (χ1) is 13.1. The van der Waals surface area contributed by atoms with E-state index in [9.17, 15) is 4.79 Å². The van der Waals surface area contributed by atoms with E-state index in [1.807, 2.05) is 43.3 Å². The highest BCUT2D eigenvalue weighted by Gasteiger charge is 2.22. The minimum Gasteiger partial charge on any atom is -0.363 e. The molecule has 1 saturated carbocycles. The number of nitrogens with one attached hydrogen (secondary N) is 2. The summed E-state index contributed by atoms with van der Waals surface area (Å²) in [6, 6.07) is 12.7. The molecule has 1 aromatic heterocycles. The zero-order valence-corrected chi connectivity index (χ0v) is 16.2. The fourth-order valence-corrected chi connectivity index (χ4v) is 3.43. The van der Waals surface area contributed by atoms with E-state index in [0.29, 0.717) is 18.4 Å². The second-order valence-electron chi connectivity index (χ2n) is 7.38. The molecular weight excluding hydrogens is 338 g/mol. The van der Waals surface area contributed by atoms with Gasteiger partial charge in [0.05, 0.1) is 0 Å². The smallest absolute Gasteiger partial charge is 0.224 e. The van der Waals surface area contributed by atoms with E-state index in [1.165, 1.54) is 5.56 Å². The molecule has 27 heavy (non-hydrogen) atoms. The lowest BCUT2D eigenvalue weighted by Gasteiger charge is -2.29. The summed E-state index contributed by atoms with van der Waals surface area (Å²) < 4.78 is 0. The third-order valence-electron chi connectivity index (χ3n) is 5.01. The van der Waals surface area contributed by atoms with Crippen molar-refractivity contribution in [2.24, 2.45) is 0 Å². The number of benzene rings is 1. The molecule has 3 rings (SSSR count). The van der Waals surface area contributed by atoms with Crippen LogP contribution in [0.1, 0.15) is 37.7 Å². The number of hydrogen-bond acceptors (Lipinski definition) is 5. The van der Waals surface area contributed by atoms with Crippen molar-refractivity contribution in [3.05, 3.63) is 48.2 Å². The van der Waals surface area contributed by atoms with E-state index in [0.717, 1.165) is 37.9 Å². The Hall–Kier alpha value is -2.63.